The Labute approximate surface area is 134 Å². The van der Waals surface area contributed by atoms with Crippen LogP contribution in [-0.4, -0.2) is 29.0 Å². The monoisotopic (exact) mass is 341 g/mol. The van der Waals surface area contributed by atoms with E-state index in [0.717, 1.165) is 36.0 Å². The number of fused-ring (bicyclic) bond motifs is 3. The van der Waals surface area contributed by atoms with Crippen LogP contribution < -0.4 is 10.6 Å². The van der Waals surface area contributed by atoms with Crippen molar-refractivity contribution in [2.45, 2.75) is 43.6 Å². The molecule has 0 aliphatic carbocycles. The molecule has 2 saturated heterocycles. The maximum Gasteiger partial charge on any atom is 0.417 e. The number of carbonyl (C=O) groups is 1. The fourth-order valence-electron chi connectivity index (χ4n) is 3.50. The van der Waals surface area contributed by atoms with Crippen LogP contribution in [0.2, 0.25) is 0 Å². The van der Waals surface area contributed by atoms with Gasteiger partial charge in [-0.05, 0) is 25.3 Å². The minimum atomic E-state index is -4.43. The van der Waals surface area contributed by atoms with Crippen molar-refractivity contribution >= 4 is 27.3 Å². The molecule has 2 aromatic rings. The summed E-state index contributed by atoms with van der Waals surface area (Å²) >= 11 is 0.980. The molecule has 2 N–H and O–H groups in total. The van der Waals surface area contributed by atoms with Crippen LogP contribution in [0.1, 0.15) is 35.3 Å². The number of thiophene rings is 1. The number of nitrogens with one attached hydrogen (secondary N) is 2. The zero-order chi connectivity index (χ0) is 16.2. The van der Waals surface area contributed by atoms with Gasteiger partial charge in [0.15, 0.2) is 0 Å². The van der Waals surface area contributed by atoms with E-state index in [4.69, 9.17) is 0 Å². The number of alkyl halides is 3. The molecule has 2 aromatic heterocycles. The molecule has 0 spiro atoms. The van der Waals surface area contributed by atoms with Crippen molar-refractivity contribution in [2.75, 3.05) is 0 Å². The van der Waals surface area contributed by atoms with Gasteiger partial charge < -0.3 is 10.6 Å². The Morgan fingerprint density at radius 1 is 1.39 bits per heavy atom. The van der Waals surface area contributed by atoms with Crippen LogP contribution in [0.3, 0.4) is 0 Å². The minimum absolute atomic E-state index is 0.0308. The molecule has 4 rings (SSSR count). The van der Waals surface area contributed by atoms with Crippen molar-refractivity contribution < 1.29 is 18.0 Å². The molecule has 3 atom stereocenters. The highest BCUT2D eigenvalue weighted by Gasteiger charge is 2.40. The molecule has 122 valence electrons. The van der Waals surface area contributed by atoms with Crippen LogP contribution in [0.25, 0.3) is 10.1 Å². The molecule has 0 aromatic carbocycles. The number of hydrogen-bond acceptors (Lipinski definition) is 4. The zero-order valence-corrected chi connectivity index (χ0v) is 12.8. The third-order valence-electron chi connectivity index (χ3n) is 4.62. The van der Waals surface area contributed by atoms with Crippen molar-refractivity contribution in [1.29, 1.82) is 0 Å². The lowest BCUT2D eigenvalue weighted by molar-refractivity contribution is -0.136. The molecule has 4 nitrogen and oxygen atoms in total. The summed E-state index contributed by atoms with van der Waals surface area (Å²) in [6.07, 6.45) is -0.0914. The van der Waals surface area contributed by atoms with E-state index in [-0.39, 0.29) is 23.2 Å². The fourth-order valence-corrected chi connectivity index (χ4v) is 4.42. The summed E-state index contributed by atoms with van der Waals surface area (Å²) in [5.41, 5.74) is -0.681. The second-order valence-corrected chi connectivity index (χ2v) is 6.99. The van der Waals surface area contributed by atoms with E-state index < -0.39 is 17.6 Å². The van der Waals surface area contributed by atoms with Crippen LogP contribution >= 0.6 is 11.3 Å². The second kappa shape index (κ2) is 5.17. The molecule has 23 heavy (non-hydrogen) atoms. The lowest BCUT2D eigenvalue weighted by Crippen LogP contribution is -2.43. The van der Waals surface area contributed by atoms with Crippen molar-refractivity contribution in [3.05, 3.63) is 28.9 Å². The number of aromatic nitrogens is 1. The van der Waals surface area contributed by atoms with E-state index >= 15 is 0 Å². The lowest BCUT2D eigenvalue weighted by atomic mass is 9.95. The van der Waals surface area contributed by atoms with Crippen molar-refractivity contribution in [3.63, 3.8) is 0 Å². The number of hydrogen-bond donors (Lipinski definition) is 2. The molecular formula is C15H14F3N3OS. The van der Waals surface area contributed by atoms with Crippen molar-refractivity contribution in [2.24, 2.45) is 0 Å². The van der Waals surface area contributed by atoms with Crippen LogP contribution in [0.4, 0.5) is 13.2 Å². The maximum atomic E-state index is 13.0. The van der Waals surface area contributed by atoms with Crippen LogP contribution in [0, 0.1) is 0 Å². The summed E-state index contributed by atoms with van der Waals surface area (Å²) in [6.45, 7) is 0. The van der Waals surface area contributed by atoms with Crippen molar-refractivity contribution in [1.82, 2.24) is 15.6 Å². The predicted octanol–water partition coefficient (Wildman–Crippen LogP) is 2.94. The molecule has 2 bridgehead atoms. The molecule has 8 heteroatoms. The van der Waals surface area contributed by atoms with Gasteiger partial charge in [-0.1, -0.05) is 0 Å². The van der Waals surface area contributed by atoms with Crippen LogP contribution in [0.5, 0.6) is 0 Å². The van der Waals surface area contributed by atoms with Gasteiger partial charge in [-0.2, -0.15) is 13.2 Å². The lowest BCUT2D eigenvalue weighted by Gasteiger charge is -2.21. The van der Waals surface area contributed by atoms with E-state index in [9.17, 15) is 18.0 Å². The summed E-state index contributed by atoms with van der Waals surface area (Å²) in [6, 6.07) is 1.97. The van der Waals surface area contributed by atoms with E-state index in [0.29, 0.717) is 10.7 Å². The SMILES string of the molecule is O=C(N[C@@H]1C[C@H]2CC[C@@H]1N2)c1cc2c(C(F)(F)F)csc2cn1. The minimum Gasteiger partial charge on any atom is -0.346 e. The number of carbonyl (C=O) groups excluding carboxylic acids is 1. The normalized spacial score (nSPS) is 26.8. The molecule has 2 fully saturated rings. The standard InChI is InChI=1S/C15H14F3N3OS/c16-15(17,18)9-6-23-13-5-19-12(4-8(9)13)14(22)21-11-3-7-1-2-10(11)20-7/h4-7,10-11,20H,1-3H2,(H,21,22)/t7-,10+,11-/m1/s1. The largest absolute Gasteiger partial charge is 0.417 e. The first-order valence-electron chi connectivity index (χ1n) is 7.43. The van der Waals surface area contributed by atoms with E-state index in [1.165, 1.54) is 12.3 Å². The third kappa shape index (κ3) is 2.59. The molecule has 0 saturated carbocycles. The number of nitrogens with zero attached hydrogens (tertiary/aromatic N) is 1. The average molecular weight is 341 g/mol. The van der Waals surface area contributed by atoms with Gasteiger partial charge in [0, 0.05) is 35.1 Å². The summed E-state index contributed by atoms with van der Waals surface area (Å²) in [5.74, 6) is -0.412. The first-order chi connectivity index (χ1) is 10.9. The Kier molecular flexibility index (Phi) is 3.35. The molecule has 2 aliphatic rings. The second-order valence-electron chi connectivity index (χ2n) is 6.08. The third-order valence-corrected chi connectivity index (χ3v) is 5.55. The highest BCUT2D eigenvalue weighted by molar-refractivity contribution is 7.17. The highest BCUT2D eigenvalue weighted by atomic mass is 32.1. The predicted molar refractivity (Wildman–Crippen MR) is 80.4 cm³/mol. The summed E-state index contributed by atoms with van der Waals surface area (Å²) in [7, 11) is 0. The van der Waals surface area contributed by atoms with E-state index in [1.54, 1.807) is 0 Å². The first-order valence-corrected chi connectivity index (χ1v) is 8.31. The zero-order valence-electron chi connectivity index (χ0n) is 12.0. The molecule has 0 unspecified atom stereocenters. The number of pyridine rings is 1. The number of rotatable bonds is 2. The summed E-state index contributed by atoms with van der Waals surface area (Å²) in [4.78, 5) is 16.3. The van der Waals surface area contributed by atoms with Gasteiger partial charge in [-0.25, -0.2) is 4.98 Å². The summed E-state index contributed by atoms with van der Waals surface area (Å²) < 4.78 is 39.4. The smallest absolute Gasteiger partial charge is 0.346 e. The fraction of sp³-hybridized carbons (Fsp3) is 0.467. The maximum absolute atomic E-state index is 13.0. The Balaban J connectivity index is 1.60. The topological polar surface area (TPSA) is 54.0 Å². The van der Waals surface area contributed by atoms with Gasteiger partial charge in [0.05, 0.1) is 10.3 Å². The van der Waals surface area contributed by atoms with Crippen molar-refractivity contribution in [3.8, 4) is 0 Å². The summed E-state index contributed by atoms with van der Waals surface area (Å²) in [5, 5.41) is 7.41. The highest BCUT2D eigenvalue weighted by Crippen LogP contribution is 2.38. The van der Waals surface area contributed by atoms with Gasteiger partial charge in [0.1, 0.15) is 5.69 Å². The van der Waals surface area contributed by atoms with Gasteiger partial charge in [-0.15, -0.1) is 11.3 Å². The number of halogens is 3. The Morgan fingerprint density at radius 3 is 2.87 bits per heavy atom. The molecule has 0 radical (unpaired) electrons. The molecule has 2 aliphatic heterocycles. The van der Waals surface area contributed by atoms with Crippen LogP contribution in [0.15, 0.2) is 17.6 Å². The molecular weight excluding hydrogens is 327 g/mol. The van der Waals surface area contributed by atoms with E-state index in [2.05, 4.69) is 15.6 Å². The van der Waals surface area contributed by atoms with Crippen LogP contribution in [-0.2, 0) is 6.18 Å². The Morgan fingerprint density at radius 2 is 2.22 bits per heavy atom. The molecule has 4 heterocycles. The first kappa shape index (κ1) is 14.9. The van der Waals surface area contributed by atoms with Gasteiger partial charge in [0.2, 0.25) is 0 Å². The van der Waals surface area contributed by atoms with Gasteiger partial charge >= 0.3 is 6.18 Å². The quantitative estimate of drug-likeness (QED) is 0.883. The Bertz CT molecular complexity index is 773. The average Bonchev–Trinajstić information content (AvgIpc) is 3.20. The Hall–Kier alpha value is -1.67. The number of amides is 1. The van der Waals surface area contributed by atoms with E-state index in [1.807, 2.05) is 0 Å². The van der Waals surface area contributed by atoms with Gasteiger partial charge in [-0.3, -0.25) is 4.79 Å². The van der Waals surface area contributed by atoms with Gasteiger partial charge in [0.25, 0.3) is 5.91 Å². The molecule has 1 amide bonds.